The molecule has 0 aliphatic rings. The molecule has 0 saturated heterocycles. The number of aromatic nitrogens is 1. The predicted octanol–water partition coefficient (Wildman–Crippen LogP) is 2.17. The topological polar surface area (TPSA) is 68.5 Å². The Balaban J connectivity index is 2.00. The van der Waals surface area contributed by atoms with Crippen LogP contribution in [0.2, 0.25) is 0 Å². The predicted molar refractivity (Wildman–Crippen MR) is 81.9 cm³/mol. The quantitative estimate of drug-likeness (QED) is 0.679. The highest BCUT2D eigenvalue weighted by atomic mass is 16.5. The highest BCUT2D eigenvalue weighted by Gasteiger charge is 2.16. The Hall–Kier alpha value is -2.40. The molecule has 2 rings (SSSR count). The minimum Gasteiger partial charge on any atom is -0.454 e. The zero-order valence-electron chi connectivity index (χ0n) is 12.9. The second kappa shape index (κ2) is 6.58. The molecular formula is C17H19NO4. The maximum atomic E-state index is 12.1. The van der Waals surface area contributed by atoms with Crippen molar-refractivity contribution in [3.63, 3.8) is 0 Å². The Morgan fingerprint density at radius 1 is 1.18 bits per heavy atom. The largest absolute Gasteiger partial charge is 0.454 e. The minimum atomic E-state index is -0.553. The van der Waals surface area contributed by atoms with Gasteiger partial charge in [0.25, 0.3) is 0 Å². The lowest BCUT2D eigenvalue weighted by atomic mass is 10.1. The number of ketones is 1. The van der Waals surface area contributed by atoms with Crippen molar-refractivity contribution < 1.29 is 19.4 Å². The zero-order chi connectivity index (χ0) is 16.3. The van der Waals surface area contributed by atoms with E-state index in [4.69, 9.17) is 9.84 Å². The van der Waals surface area contributed by atoms with Crippen LogP contribution in [-0.4, -0.2) is 28.0 Å². The molecule has 0 amide bonds. The first kappa shape index (κ1) is 16.0. The molecule has 1 aromatic carbocycles. The van der Waals surface area contributed by atoms with Gasteiger partial charge in [0.2, 0.25) is 5.78 Å². The molecule has 22 heavy (non-hydrogen) atoms. The van der Waals surface area contributed by atoms with Gasteiger partial charge in [-0.1, -0.05) is 12.1 Å². The van der Waals surface area contributed by atoms with Crippen LogP contribution in [-0.2, 0) is 18.4 Å². The van der Waals surface area contributed by atoms with E-state index in [1.807, 2.05) is 25.5 Å². The van der Waals surface area contributed by atoms with Gasteiger partial charge < -0.3 is 14.4 Å². The highest BCUT2D eigenvalue weighted by Crippen LogP contribution is 2.14. The van der Waals surface area contributed by atoms with Gasteiger partial charge in [0.1, 0.15) is 0 Å². The number of benzene rings is 1. The van der Waals surface area contributed by atoms with E-state index in [9.17, 15) is 9.59 Å². The molecule has 1 aromatic heterocycles. The van der Waals surface area contributed by atoms with Crippen LogP contribution in [0.4, 0.5) is 0 Å². The van der Waals surface area contributed by atoms with Crippen molar-refractivity contribution in [2.75, 3.05) is 6.61 Å². The van der Waals surface area contributed by atoms with Gasteiger partial charge in [0.15, 0.2) is 6.61 Å². The number of aryl methyl sites for hydroxylation is 1. The normalized spacial score (nSPS) is 10.5. The first-order valence-electron chi connectivity index (χ1n) is 6.97. The molecule has 0 aliphatic carbocycles. The summed E-state index contributed by atoms with van der Waals surface area (Å²) in [5.41, 5.74) is 3.47. The summed E-state index contributed by atoms with van der Waals surface area (Å²) in [6.07, 6.45) is 0. The number of aliphatic hydroxyl groups is 1. The minimum absolute atomic E-state index is 0.0829. The lowest BCUT2D eigenvalue weighted by molar-refractivity contribution is 0.0474. The summed E-state index contributed by atoms with van der Waals surface area (Å²) >= 11 is 0. The van der Waals surface area contributed by atoms with Crippen LogP contribution < -0.4 is 0 Å². The van der Waals surface area contributed by atoms with Crippen LogP contribution in [0, 0.1) is 13.8 Å². The number of rotatable bonds is 5. The Morgan fingerprint density at radius 2 is 1.82 bits per heavy atom. The van der Waals surface area contributed by atoms with E-state index in [0.717, 1.165) is 11.4 Å². The van der Waals surface area contributed by atoms with Gasteiger partial charge >= 0.3 is 5.97 Å². The van der Waals surface area contributed by atoms with Crippen LogP contribution >= 0.6 is 0 Å². The molecule has 0 radical (unpaired) electrons. The number of carbonyl (C=O) groups is 2. The molecule has 5 nitrogen and oxygen atoms in total. The van der Waals surface area contributed by atoms with E-state index in [2.05, 4.69) is 0 Å². The van der Waals surface area contributed by atoms with Crippen molar-refractivity contribution in [1.82, 2.24) is 4.57 Å². The summed E-state index contributed by atoms with van der Waals surface area (Å²) in [6.45, 7) is 3.40. The fraction of sp³-hybridized carbons (Fsp3) is 0.294. The SMILES string of the molecule is Cc1cc(C(=O)COC(=O)c2ccc(CO)cc2)c(C)n1C. The van der Waals surface area contributed by atoms with E-state index in [-0.39, 0.29) is 19.0 Å². The zero-order valence-corrected chi connectivity index (χ0v) is 12.9. The molecular weight excluding hydrogens is 282 g/mol. The second-order valence-electron chi connectivity index (χ2n) is 5.20. The van der Waals surface area contributed by atoms with Gasteiger partial charge in [-0.25, -0.2) is 4.79 Å². The molecule has 0 fully saturated rings. The van der Waals surface area contributed by atoms with Crippen LogP contribution in [0.5, 0.6) is 0 Å². The van der Waals surface area contributed by atoms with Crippen LogP contribution in [0.3, 0.4) is 0 Å². The summed E-state index contributed by atoms with van der Waals surface area (Å²) in [6, 6.07) is 8.21. The summed E-state index contributed by atoms with van der Waals surface area (Å²) in [5, 5.41) is 8.96. The molecule has 0 aliphatic heterocycles. The van der Waals surface area contributed by atoms with E-state index < -0.39 is 5.97 Å². The summed E-state index contributed by atoms with van der Waals surface area (Å²) in [7, 11) is 1.89. The van der Waals surface area contributed by atoms with Crippen molar-refractivity contribution in [3.8, 4) is 0 Å². The molecule has 0 spiro atoms. The van der Waals surface area contributed by atoms with Crippen molar-refractivity contribution in [1.29, 1.82) is 0 Å². The lowest BCUT2D eigenvalue weighted by Crippen LogP contribution is -2.15. The van der Waals surface area contributed by atoms with Gasteiger partial charge in [-0.3, -0.25) is 4.79 Å². The third kappa shape index (κ3) is 3.26. The number of esters is 1. The number of Topliss-reactive ketones (excluding diaryl/α,β-unsaturated/α-hetero) is 1. The number of nitrogens with zero attached hydrogens (tertiary/aromatic N) is 1. The molecule has 0 saturated carbocycles. The van der Waals surface area contributed by atoms with E-state index >= 15 is 0 Å². The third-order valence-corrected chi connectivity index (χ3v) is 3.78. The number of ether oxygens (including phenoxy) is 1. The number of hydrogen-bond acceptors (Lipinski definition) is 4. The summed E-state index contributed by atoms with van der Waals surface area (Å²) in [5.74, 6) is -0.773. The van der Waals surface area contributed by atoms with Gasteiger partial charge in [-0.2, -0.15) is 0 Å². The third-order valence-electron chi connectivity index (χ3n) is 3.78. The Kier molecular flexibility index (Phi) is 4.78. The molecule has 0 bridgehead atoms. The average Bonchev–Trinajstić information content (AvgIpc) is 2.80. The molecule has 2 aromatic rings. The molecule has 1 N–H and O–H groups in total. The molecule has 0 atom stereocenters. The van der Waals surface area contributed by atoms with Gasteiger partial charge in [0.05, 0.1) is 12.2 Å². The van der Waals surface area contributed by atoms with Crippen molar-refractivity contribution in [2.45, 2.75) is 20.5 Å². The van der Waals surface area contributed by atoms with E-state index in [1.165, 1.54) is 0 Å². The Bertz CT molecular complexity index is 698. The molecule has 0 unspecified atom stereocenters. The smallest absolute Gasteiger partial charge is 0.338 e. The van der Waals surface area contributed by atoms with E-state index in [1.54, 1.807) is 30.3 Å². The van der Waals surface area contributed by atoms with Gasteiger partial charge in [-0.05, 0) is 37.6 Å². The van der Waals surface area contributed by atoms with E-state index in [0.29, 0.717) is 16.7 Å². The monoisotopic (exact) mass is 301 g/mol. The molecule has 5 heteroatoms. The first-order chi connectivity index (χ1) is 10.4. The standard InChI is InChI=1S/C17H19NO4/c1-11-8-15(12(2)18(11)3)16(20)10-22-17(21)14-6-4-13(9-19)5-7-14/h4-8,19H,9-10H2,1-3H3. The van der Waals surface area contributed by atoms with Crippen LogP contribution in [0.25, 0.3) is 0 Å². The first-order valence-corrected chi connectivity index (χ1v) is 6.97. The Morgan fingerprint density at radius 3 is 2.32 bits per heavy atom. The maximum absolute atomic E-state index is 12.1. The maximum Gasteiger partial charge on any atom is 0.338 e. The second-order valence-corrected chi connectivity index (χ2v) is 5.20. The number of hydrogen-bond donors (Lipinski definition) is 1. The van der Waals surface area contributed by atoms with Gasteiger partial charge in [0, 0.05) is 24.0 Å². The van der Waals surface area contributed by atoms with Crippen LogP contribution in [0.1, 0.15) is 37.7 Å². The molecule has 116 valence electrons. The average molecular weight is 301 g/mol. The van der Waals surface area contributed by atoms with Crippen molar-refractivity contribution in [3.05, 3.63) is 58.4 Å². The number of carbonyl (C=O) groups excluding carboxylic acids is 2. The van der Waals surface area contributed by atoms with Crippen LogP contribution in [0.15, 0.2) is 30.3 Å². The van der Waals surface area contributed by atoms with Crippen molar-refractivity contribution >= 4 is 11.8 Å². The fourth-order valence-corrected chi connectivity index (χ4v) is 2.18. The van der Waals surface area contributed by atoms with Crippen molar-refractivity contribution in [2.24, 2.45) is 7.05 Å². The fourth-order valence-electron chi connectivity index (χ4n) is 2.18. The summed E-state index contributed by atoms with van der Waals surface area (Å²) in [4.78, 5) is 24.0. The highest BCUT2D eigenvalue weighted by molar-refractivity contribution is 6.00. The summed E-state index contributed by atoms with van der Waals surface area (Å²) < 4.78 is 6.98. The molecule has 1 heterocycles. The van der Waals surface area contributed by atoms with Gasteiger partial charge in [-0.15, -0.1) is 0 Å². The lowest BCUT2D eigenvalue weighted by Gasteiger charge is -2.05. The number of aliphatic hydroxyl groups excluding tert-OH is 1. The Labute approximate surface area is 129 Å².